The van der Waals surface area contributed by atoms with E-state index in [2.05, 4.69) is 10.3 Å². The molecule has 0 radical (unpaired) electrons. The zero-order valence-corrected chi connectivity index (χ0v) is 18.0. The number of carbonyl (C=O) groups excluding carboxylic acids is 3. The van der Waals surface area contributed by atoms with Crippen molar-refractivity contribution in [3.05, 3.63) is 71.4 Å². The van der Waals surface area contributed by atoms with Crippen molar-refractivity contribution in [3.63, 3.8) is 0 Å². The van der Waals surface area contributed by atoms with Crippen LogP contribution in [0.5, 0.6) is 5.75 Å². The highest BCUT2D eigenvalue weighted by Crippen LogP contribution is 2.26. The van der Waals surface area contributed by atoms with Crippen molar-refractivity contribution < 1.29 is 19.1 Å². The first-order chi connectivity index (χ1) is 15.5. The van der Waals surface area contributed by atoms with Crippen LogP contribution in [0.1, 0.15) is 32.8 Å². The topological polar surface area (TPSA) is 91.8 Å². The summed E-state index contributed by atoms with van der Waals surface area (Å²) in [5.74, 6) is -0.522. The van der Waals surface area contributed by atoms with E-state index in [1.165, 1.54) is 10.0 Å². The van der Waals surface area contributed by atoms with E-state index < -0.39 is 0 Å². The Labute approximate surface area is 185 Å². The largest absolute Gasteiger partial charge is 0.496 e. The summed E-state index contributed by atoms with van der Waals surface area (Å²) < 4.78 is 5.43. The molecule has 1 fully saturated rings. The van der Waals surface area contributed by atoms with Gasteiger partial charge in [-0.05, 0) is 37.1 Å². The number of para-hydroxylation sites is 1. The summed E-state index contributed by atoms with van der Waals surface area (Å²) in [6, 6.07) is 16.1. The molecule has 0 aliphatic carbocycles. The first-order valence-corrected chi connectivity index (χ1v) is 10.4. The number of hydrogen-bond acceptors (Lipinski definition) is 5. The van der Waals surface area contributed by atoms with Crippen LogP contribution in [0, 0.1) is 6.92 Å². The summed E-state index contributed by atoms with van der Waals surface area (Å²) in [5, 5.41) is 6.23. The lowest BCUT2D eigenvalue weighted by Crippen LogP contribution is -2.48. The van der Waals surface area contributed by atoms with E-state index in [4.69, 9.17) is 4.74 Å². The van der Waals surface area contributed by atoms with E-state index in [0.717, 1.165) is 10.9 Å². The van der Waals surface area contributed by atoms with Gasteiger partial charge in [-0.1, -0.05) is 30.3 Å². The number of benzene rings is 2. The molecule has 3 amide bonds. The number of nitrogens with zero attached hydrogens (tertiary/aromatic N) is 3. The van der Waals surface area contributed by atoms with Crippen LogP contribution in [0.3, 0.4) is 0 Å². The van der Waals surface area contributed by atoms with Crippen molar-refractivity contribution in [3.8, 4) is 5.75 Å². The van der Waals surface area contributed by atoms with Crippen LogP contribution in [0.25, 0.3) is 10.9 Å². The highest BCUT2D eigenvalue weighted by Gasteiger charge is 2.32. The number of ether oxygens (including phenoxy) is 1. The molecule has 1 aliphatic rings. The summed E-state index contributed by atoms with van der Waals surface area (Å²) in [4.78, 5) is 42.9. The average Bonchev–Trinajstić information content (AvgIpc) is 3.31. The molecule has 8 nitrogen and oxygen atoms in total. The zero-order valence-electron chi connectivity index (χ0n) is 18.0. The number of fused-ring (bicyclic) bond motifs is 1. The molecule has 3 aromatic rings. The number of amides is 3. The second-order valence-corrected chi connectivity index (χ2v) is 7.52. The number of carbonyl (C=O) groups is 3. The van der Waals surface area contributed by atoms with Gasteiger partial charge in [0.15, 0.2) is 0 Å². The standard InChI is InChI=1S/C24H24N4O4/c1-16-8-3-4-9-17(16)23(30)25-15-22(29)27-12-7-13-28(27)24(31)20-14-21(32-2)18-10-5-6-11-19(18)26-20/h3-6,8-11,14H,7,12-13,15H2,1-2H3,(H,25,30). The van der Waals surface area contributed by atoms with Gasteiger partial charge in [-0.2, -0.15) is 0 Å². The molecule has 164 valence electrons. The van der Waals surface area contributed by atoms with E-state index in [-0.39, 0.29) is 30.0 Å². The normalized spacial score (nSPS) is 13.3. The van der Waals surface area contributed by atoms with Crippen LogP contribution in [0.15, 0.2) is 54.6 Å². The highest BCUT2D eigenvalue weighted by atomic mass is 16.5. The van der Waals surface area contributed by atoms with Crippen LogP contribution in [0.4, 0.5) is 0 Å². The van der Waals surface area contributed by atoms with Gasteiger partial charge >= 0.3 is 0 Å². The van der Waals surface area contributed by atoms with Crippen molar-refractivity contribution in [1.82, 2.24) is 20.3 Å². The second kappa shape index (κ2) is 9.05. The van der Waals surface area contributed by atoms with Crippen LogP contribution >= 0.6 is 0 Å². The molecule has 1 N–H and O–H groups in total. The van der Waals surface area contributed by atoms with Crippen molar-refractivity contribution in [2.75, 3.05) is 26.7 Å². The van der Waals surface area contributed by atoms with Crippen molar-refractivity contribution in [2.24, 2.45) is 0 Å². The number of pyridine rings is 1. The minimum atomic E-state index is -0.384. The van der Waals surface area contributed by atoms with E-state index in [1.807, 2.05) is 43.3 Å². The average molecular weight is 432 g/mol. The fraction of sp³-hybridized carbons (Fsp3) is 0.250. The quantitative estimate of drug-likeness (QED) is 0.669. The third-order valence-corrected chi connectivity index (χ3v) is 5.46. The fourth-order valence-corrected chi connectivity index (χ4v) is 3.81. The molecule has 1 aromatic heterocycles. The summed E-state index contributed by atoms with van der Waals surface area (Å²) >= 11 is 0. The number of hydrogen-bond donors (Lipinski definition) is 1. The Bertz CT molecular complexity index is 1190. The molecule has 8 heteroatoms. The summed E-state index contributed by atoms with van der Waals surface area (Å²) in [6.45, 7) is 2.43. The van der Waals surface area contributed by atoms with E-state index in [9.17, 15) is 14.4 Å². The summed E-state index contributed by atoms with van der Waals surface area (Å²) in [7, 11) is 1.54. The lowest BCUT2D eigenvalue weighted by atomic mass is 10.1. The summed E-state index contributed by atoms with van der Waals surface area (Å²) in [5.41, 5.74) is 2.18. The summed E-state index contributed by atoms with van der Waals surface area (Å²) in [6.07, 6.45) is 0.647. The second-order valence-electron chi connectivity index (χ2n) is 7.52. The van der Waals surface area contributed by atoms with Crippen molar-refractivity contribution in [1.29, 1.82) is 0 Å². The molecule has 32 heavy (non-hydrogen) atoms. The molecule has 0 atom stereocenters. The minimum Gasteiger partial charge on any atom is -0.496 e. The predicted molar refractivity (Wildman–Crippen MR) is 119 cm³/mol. The number of hydrazine groups is 1. The molecule has 4 rings (SSSR count). The maximum atomic E-state index is 13.2. The first kappa shape index (κ1) is 21.3. The SMILES string of the molecule is COc1cc(C(=O)N2CCCN2C(=O)CNC(=O)c2ccccc2C)nc2ccccc12. The third-order valence-electron chi connectivity index (χ3n) is 5.46. The fourth-order valence-electron chi connectivity index (χ4n) is 3.81. The molecular weight excluding hydrogens is 408 g/mol. The molecule has 2 heterocycles. The molecular formula is C24H24N4O4. The lowest BCUT2D eigenvalue weighted by molar-refractivity contribution is -0.139. The van der Waals surface area contributed by atoms with Gasteiger partial charge in [0, 0.05) is 30.1 Å². The Kier molecular flexibility index (Phi) is 6.02. The minimum absolute atomic E-state index is 0.198. The smallest absolute Gasteiger partial charge is 0.291 e. The Morgan fingerprint density at radius 2 is 1.75 bits per heavy atom. The number of aromatic nitrogens is 1. The monoisotopic (exact) mass is 432 g/mol. The van der Waals surface area contributed by atoms with Gasteiger partial charge in [0.2, 0.25) is 0 Å². The first-order valence-electron chi connectivity index (χ1n) is 10.4. The Hall–Kier alpha value is -3.94. The molecule has 1 saturated heterocycles. The van der Waals surface area contributed by atoms with E-state index >= 15 is 0 Å². The highest BCUT2D eigenvalue weighted by molar-refractivity contribution is 5.99. The number of nitrogens with one attached hydrogen (secondary N) is 1. The molecule has 0 unspecified atom stereocenters. The Morgan fingerprint density at radius 1 is 1.03 bits per heavy atom. The van der Waals surface area contributed by atoms with Crippen LogP contribution < -0.4 is 10.1 Å². The van der Waals surface area contributed by atoms with Gasteiger partial charge in [0.25, 0.3) is 17.7 Å². The Morgan fingerprint density at radius 3 is 2.53 bits per heavy atom. The number of aryl methyl sites for hydroxylation is 1. The van der Waals surface area contributed by atoms with Gasteiger partial charge in [-0.3, -0.25) is 14.4 Å². The maximum absolute atomic E-state index is 13.2. The molecule has 1 aliphatic heterocycles. The van der Waals surface area contributed by atoms with Gasteiger partial charge in [-0.15, -0.1) is 0 Å². The molecule has 0 spiro atoms. The Balaban J connectivity index is 1.49. The van der Waals surface area contributed by atoms with Crippen molar-refractivity contribution in [2.45, 2.75) is 13.3 Å². The molecule has 2 aromatic carbocycles. The van der Waals surface area contributed by atoms with Gasteiger partial charge in [0.05, 0.1) is 19.2 Å². The van der Waals surface area contributed by atoms with Crippen molar-refractivity contribution >= 4 is 28.6 Å². The van der Waals surface area contributed by atoms with Gasteiger partial charge in [0.1, 0.15) is 11.4 Å². The molecule has 0 bridgehead atoms. The van der Waals surface area contributed by atoms with E-state index in [1.54, 1.807) is 25.3 Å². The van der Waals surface area contributed by atoms with Gasteiger partial charge < -0.3 is 10.1 Å². The third kappa shape index (κ3) is 4.12. The van der Waals surface area contributed by atoms with E-state index in [0.29, 0.717) is 36.3 Å². The van der Waals surface area contributed by atoms with Crippen LogP contribution in [-0.2, 0) is 4.79 Å². The maximum Gasteiger partial charge on any atom is 0.291 e. The number of methoxy groups -OCH3 is 1. The van der Waals surface area contributed by atoms with Crippen LogP contribution in [0.2, 0.25) is 0 Å². The van der Waals surface area contributed by atoms with Gasteiger partial charge in [-0.25, -0.2) is 15.0 Å². The predicted octanol–water partition coefficient (Wildman–Crippen LogP) is 2.57. The zero-order chi connectivity index (χ0) is 22.7. The lowest BCUT2D eigenvalue weighted by Gasteiger charge is -2.28. The number of rotatable bonds is 5. The van der Waals surface area contributed by atoms with Crippen LogP contribution in [-0.4, -0.2) is 59.5 Å². The molecule has 0 saturated carbocycles.